The van der Waals surface area contributed by atoms with E-state index in [4.69, 9.17) is 4.42 Å². The molecule has 5 heterocycles. The van der Waals surface area contributed by atoms with Crippen LogP contribution in [0.25, 0.3) is 0 Å². The summed E-state index contributed by atoms with van der Waals surface area (Å²) in [6, 6.07) is 6.86. The van der Waals surface area contributed by atoms with Crippen molar-refractivity contribution >= 4 is 29.3 Å². The number of anilines is 1. The van der Waals surface area contributed by atoms with Crippen molar-refractivity contribution in [2.75, 3.05) is 31.1 Å². The highest BCUT2D eigenvalue weighted by atomic mass is 16.3. The number of imide groups is 1. The van der Waals surface area contributed by atoms with Crippen molar-refractivity contribution in [2.45, 2.75) is 38.3 Å². The number of rotatable bonds is 3. The van der Waals surface area contributed by atoms with E-state index in [0.717, 1.165) is 50.3 Å². The maximum atomic E-state index is 13.1. The Labute approximate surface area is 196 Å². The molecule has 0 aliphatic carbocycles. The van der Waals surface area contributed by atoms with E-state index in [1.54, 1.807) is 11.0 Å². The molecular formula is C25H26N4O5. The highest BCUT2D eigenvalue weighted by Crippen LogP contribution is 2.45. The van der Waals surface area contributed by atoms with Crippen LogP contribution in [-0.2, 0) is 16.1 Å². The van der Waals surface area contributed by atoms with E-state index in [9.17, 15) is 19.2 Å². The quantitative estimate of drug-likeness (QED) is 0.698. The first-order valence-corrected chi connectivity index (χ1v) is 11.8. The molecule has 4 aliphatic rings. The van der Waals surface area contributed by atoms with Crippen LogP contribution in [-0.4, -0.2) is 65.6 Å². The highest BCUT2D eigenvalue weighted by Gasteiger charge is 2.47. The molecule has 1 atom stereocenters. The normalized spacial score (nSPS) is 23.7. The summed E-state index contributed by atoms with van der Waals surface area (Å²) in [5.41, 5.74) is 3.42. The Morgan fingerprint density at radius 3 is 2.59 bits per heavy atom. The molecule has 1 spiro atoms. The van der Waals surface area contributed by atoms with Gasteiger partial charge in [0.15, 0.2) is 0 Å². The van der Waals surface area contributed by atoms with E-state index < -0.39 is 11.9 Å². The average molecular weight is 463 g/mol. The maximum Gasteiger partial charge on any atom is 0.257 e. The number of nitrogens with zero attached hydrogens (tertiary/aromatic N) is 3. The Morgan fingerprint density at radius 1 is 1.09 bits per heavy atom. The average Bonchev–Trinajstić information content (AvgIpc) is 3.46. The summed E-state index contributed by atoms with van der Waals surface area (Å²) in [6.07, 6.45) is 5.52. The van der Waals surface area contributed by atoms with Gasteiger partial charge in [0.2, 0.25) is 11.8 Å². The zero-order valence-electron chi connectivity index (χ0n) is 18.8. The molecule has 9 heteroatoms. The molecule has 3 fully saturated rings. The molecule has 1 N–H and O–H groups in total. The molecule has 6 rings (SSSR count). The Morgan fingerprint density at radius 2 is 1.88 bits per heavy atom. The summed E-state index contributed by atoms with van der Waals surface area (Å²) in [4.78, 5) is 55.4. The number of carbonyl (C=O) groups is 4. The number of amides is 4. The molecule has 34 heavy (non-hydrogen) atoms. The first-order valence-electron chi connectivity index (χ1n) is 11.8. The Kier molecular flexibility index (Phi) is 4.75. The third kappa shape index (κ3) is 3.29. The summed E-state index contributed by atoms with van der Waals surface area (Å²) in [5.74, 6) is -0.798. The van der Waals surface area contributed by atoms with Gasteiger partial charge in [-0.05, 0) is 37.5 Å². The van der Waals surface area contributed by atoms with Crippen LogP contribution in [0.1, 0.15) is 52.0 Å². The van der Waals surface area contributed by atoms with Crippen LogP contribution >= 0.6 is 0 Å². The van der Waals surface area contributed by atoms with Gasteiger partial charge in [-0.2, -0.15) is 0 Å². The van der Waals surface area contributed by atoms with Gasteiger partial charge in [-0.15, -0.1) is 0 Å². The minimum atomic E-state index is -0.606. The Hall–Kier alpha value is -3.62. The van der Waals surface area contributed by atoms with E-state index in [2.05, 4.69) is 10.2 Å². The summed E-state index contributed by atoms with van der Waals surface area (Å²) in [6.45, 7) is 3.62. The van der Waals surface area contributed by atoms with Crippen molar-refractivity contribution in [3.05, 3.63) is 53.5 Å². The first kappa shape index (κ1) is 20.9. The molecule has 3 saturated heterocycles. The highest BCUT2D eigenvalue weighted by molar-refractivity contribution is 6.06. The molecule has 0 bridgehead atoms. The number of furan rings is 1. The van der Waals surface area contributed by atoms with Crippen molar-refractivity contribution in [2.24, 2.45) is 5.41 Å². The summed E-state index contributed by atoms with van der Waals surface area (Å²) >= 11 is 0. The number of benzene rings is 1. The topological polar surface area (TPSA) is 103 Å². The number of fused-ring (bicyclic) bond motifs is 1. The van der Waals surface area contributed by atoms with Gasteiger partial charge in [-0.3, -0.25) is 24.5 Å². The van der Waals surface area contributed by atoms with Crippen LogP contribution in [0.5, 0.6) is 0 Å². The summed E-state index contributed by atoms with van der Waals surface area (Å²) in [7, 11) is 0. The molecule has 2 aromatic rings. The fourth-order valence-electron chi connectivity index (χ4n) is 5.87. The standard InChI is InChI=1S/C25H26N4O5/c30-21-5-4-20(22(31)26-21)29-12-18-17(24(29)33)2-1-3-19(18)28-14-25(15-28)7-9-27(10-8-25)23(32)16-6-11-34-13-16/h1-3,6,11,13,20H,4-5,7-10,12,14-15H2,(H,26,30,31). The van der Waals surface area contributed by atoms with E-state index in [0.29, 0.717) is 24.1 Å². The minimum absolute atomic E-state index is 0.0210. The fourth-order valence-corrected chi connectivity index (χ4v) is 5.87. The lowest BCUT2D eigenvalue weighted by atomic mass is 9.71. The minimum Gasteiger partial charge on any atom is -0.472 e. The molecule has 0 saturated carbocycles. The molecule has 176 valence electrons. The molecule has 9 nitrogen and oxygen atoms in total. The van der Waals surface area contributed by atoms with Gasteiger partial charge >= 0.3 is 0 Å². The number of nitrogens with one attached hydrogen (secondary N) is 1. The lowest BCUT2D eigenvalue weighted by Crippen LogP contribution is -2.61. The van der Waals surface area contributed by atoms with Gasteiger partial charge in [0.1, 0.15) is 12.3 Å². The van der Waals surface area contributed by atoms with Gasteiger partial charge in [0.05, 0.1) is 11.8 Å². The molecule has 1 unspecified atom stereocenters. The van der Waals surface area contributed by atoms with Crippen LogP contribution in [0.2, 0.25) is 0 Å². The van der Waals surface area contributed by atoms with Crippen LogP contribution in [0, 0.1) is 5.41 Å². The number of likely N-dealkylation sites (tertiary alicyclic amines) is 1. The lowest BCUT2D eigenvalue weighted by Gasteiger charge is -2.55. The molecule has 1 aromatic carbocycles. The van der Waals surface area contributed by atoms with Crippen molar-refractivity contribution in [1.29, 1.82) is 0 Å². The lowest BCUT2D eigenvalue weighted by molar-refractivity contribution is -0.136. The van der Waals surface area contributed by atoms with E-state index in [-0.39, 0.29) is 29.6 Å². The molecular weight excluding hydrogens is 436 g/mol. The molecule has 4 amide bonds. The Bertz CT molecular complexity index is 1170. The van der Waals surface area contributed by atoms with E-state index in [1.165, 1.54) is 12.5 Å². The largest absolute Gasteiger partial charge is 0.472 e. The second kappa shape index (κ2) is 7.72. The van der Waals surface area contributed by atoms with Gasteiger partial charge in [-0.1, -0.05) is 6.07 Å². The first-order chi connectivity index (χ1) is 16.4. The van der Waals surface area contributed by atoms with Gasteiger partial charge in [-0.25, -0.2) is 0 Å². The van der Waals surface area contributed by atoms with Crippen molar-refractivity contribution in [1.82, 2.24) is 15.1 Å². The van der Waals surface area contributed by atoms with Crippen LogP contribution in [0.4, 0.5) is 5.69 Å². The predicted molar refractivity (Wildman–Crippen MR) is 121 cm³/mol. The fraction of sp³-hybridized carbons (Fsp3) is 0.440. The Balaban J connectivity index is 1.13. The predicted octanol–water partition coefficient (Wildman–Crippen LogP) is 1.78. The number of piperidine rings is 2. The van der Waals surface area contributed by atoms with Gasteiger partial charge in [0, 0.05) is 61.4 Å². The zero-order chi connectivity index (χ0) is 23.4. The summed E-state index contributed by atoms with van der Waals surface area (Å²) < 4.78 is 5.05. The van der Waals surface area contributed by atoms with Crippen molar-refractivity contribution < 1.29 is 23.6 Å². The van der Waals surface area contributed by atoms with Crippen LogP contribution in [0.3, 0.4) is 0 Å². The molecule has 4 aliphatic heterocycles. The van der Waals surface area contributed by atoms with Gasteiger partial charge < -0.3 is 19.1 Å². The van der Waals surface area contributed by atoms with Crippen LogP contribution < -0.4 is 10.2 Å². The number of carbonyl (C=O) groups excluding carboxylic acids is 4. The van der Waals surface area contributed by atoms with Gasteiger partial charge in [0.25, 0.3) is 11.8 Å². The van der Waals surface area contributed by atoms with Crippen LogP contribution in [0.15, 0.2) is 41.2 Å². The second-order valence-electron chi connectivity index (χ2n) is 9.86. The SMILES string of the molecule is O=C1CCC(N2Cc3c(cccc3N3CC4(CCN(C(=O)c5ccoc5)CC4)C3)C2=O)C(=O)N1. The number of hydrogen-bond donors (Lipinski definition) is 1. The monoisotopic (exact) mass is 462 g/mol. The van der Waals surface area contributed by atoms with E-state index >= 15 is 0 Å². The maximum absolute atomic E-state index is 13.1. The zero-order valence-corrected chi connectivity index (χ0v) is 18.8. The van der Waals surface area contributed by atoms with Crippen molar-refractivity contribution in [3.8, 4) is 0 Å². The van der Waals surface area contributed by atoms with E-state index in [1.807, 2.05) is 23.1 Å². The summed E-state index contributed by atoms with van der Waals surface area (Å²) in [5, 5.41) is 2.36. The second-order valence-corrected chi connectivity index (χ2v) is 9.86. The van der Waals surface area contributed by atoms with Crippen molar-refractivity contribution in [3.63, 3.8) is 0 Å². The third-order valence-electron chi connectivity index (χ3n) is 7.83. The molecule has 0 radical (unpaired) electrons. The molecule has 1 aromatic heterocycles. The number of hydrogen-bond acceptors (Lipinski definition) is 6. The smallest absolute Gasteiger partial charge is 0.257 e. The third-order valence-corrected chi connectivity index (χ3v) is 7.83.